The summed E-state index contributed by atoms with van der Waals surface area (Å²) in [5.74, 6) is 1.86. The lowest BCUT2D eigenvalue weighted by Crippen LogP contribution is -2.48. The number of hydrogen-bond acceptors (Lipinski definition) is 4. The third kappa shape index (κ3) is 4.23. The summed E-state index contributed by atoms with van der Waals surface area (Å²) in [6.07, 6.45) is 3.44. The molecule has 3 N–H and O–H groups in total. The first-order chi connectivity index (χ1) is 11.1. The van der Waals surface area contributed by atoms with E-state index in [9.17, 15) is 9.59 Å². The van der Waals surface area contributed by atoms with Gasteiger partial charge < -0.3 is 16.0 Å². The van der Waals surface area contributed by atoms with Crippen molar-refractivity contribution < 1.29 is 9.59 Å². The highest BCUT2D eigenvalue weighted by Gasteiger charge is 2.37. The summed E-state index contributed by atoms with van der Waals surface area (Å²) in [6, 6.07) is 7.16. The van der Waals surface area contributed by atoms with Gasteiger partial charge in [0.05, 0.1) is 5.54 Å². The van der Waals surface area contributed by atoms with E-state index >= 15 is 0 Å². The molecular formula is C17H24ClN3O2S. The van der Waals surface area contributed by atoms with E-state index in [0.717, 1.165) is 50.3 Å². The monoisotopic (exact) mass is 369 g/mol. The molecule has 0 atom stereocenters. The summed E-state index contributed by atoms with van der Waals surface area (Å²) >= 11 is 1.87. The Kier molecular flexibility index (Phi) is 6.54. The Labute approximate surface area is 153 Å². The minimum absolute atomic E-state index is 0. The first-order valence-electron chi connectivity index (χ1n) is 8.16. The number of rotatable bonds is 3. The molecule has 24 heavy (non-hydrogen) atoms. The average molecular weight is 370 g/mol. The Morgan fingerprint density at radius 1 is 1.17 bits per heavy atom. The lowest BCUT2D eigenvalue weighted by molar-refractivity contribution is -0.121. The highest BCUT2D eigenvalue weighted by molar-refractivity contribution is 7.99. The van der Waals surface area contributed by atoms with Gasteiger partial charge in [-0.3, -0.25) is 9.59 Å². The van der Waals surface area contributed by atoms with Gasteiger partial charge >= 0.3 is 0 Å². The van der Waals surface area contributed by atoms with Gasteiger partial charge in [-0.15, -0.1) is 12.4 Å². The van der Waals surface area contributed by atoms with Crippen molar-refractivity contribution in [3.05, 3.63) is 29.8 Å². The number of thioether (sulfide) groups is 1. The number of carbonyl (C=O) groups is 2. The number of amides is 2. The molecule has 0 radical (unpaired) electrons. The number of anilines is 1. The van der Waals surface area contributed by atoms with Gasteiger partial charge in [0.2, 0.25) is 5.91 Å². The maximum absolute atomic E-state index is 12.5. The summed E-state index contributed by atoms with van der Waals surface area (Å²) in [7, 11) is 0. The number of benzene rings is 1. The van der Waals surface area contributed by atoms with E-state index in [2.05, 4.69) is 5.32 Å². The van der Waals surface area contributed by atoms with Crippen molar-refractivity contribution in [3.8, 4) is 0 Å². The number of carbonyl (C=O) groups excluding carboxylic acids is 2. The molecule has 1 aromatic rings. The van der Waals surface area contributed by atoms with Crippen LogP contribution >= 0.6 is 24.2 Å². The Balaban J connectivity index is 0.00000208. The highest BCUT2D eigenvalue weighted by atomic mass is 35.5. The maximum Gasteiger partial charge on any atom is 0.253 e. The summed E-state index contributed by atoms with van der Waals surface area (Å²) in [6.45, 7) is 1.57. The molecule has 1 heterocycles. The summed E-state index contributed by atoms with van der Waals surface area (Å²) in [4.78, 5) is 26.8. The molecule has 3 rings (SSSR count). The van der Waals surface area contributed by atoms with Crippen molar-refractivity contribution in [1.82, 2.24) is 4.90 Å². The first kappa shape index (κ1) is 19.1. The molecule has 132 valence electrons. The van der Waals surface area contributed by atoms with Crippen molar-refractivity contribution in [2.75, 3.05) is 29.9 Å². The predicted octanol–water partition coefficient (Wildman–Crippen LogP) is 2.51. The molecule has 0 bridgehead atoms. The Morgan fingerprint density at radius 3 is 2.50 bits per heavy atom. The standard InChI is InChI=1S/C17H23N3O2S.ClH/c18-17(6-1-2-7-17)16(22)19-14-5-3-4-13(12-14)15(21)20-8-10-23-11-9-20;/h3-5,12H,1-2,6-11,18H2,(H,19,22);1H. The van der Waals surface area contributed by atoms with Crippen LogP contribution < -0.4 is 11.1 Å². The SMILES string of the molecule is Cl.NC1(C(=O)Nc2cccc(C(=O)N3CCSCC3)c2)CCCC1. The van der Waals surface area contributed by atoms with E-state index in [-0.39, 0.29) is 24.2 Å². The molecule has 5 nitrogen and oxygen atoms in total. The zero-order valence-electron chi connectivity index (χ0n) is 13.6. The number of halogens is 1. The van der Waals surface area contributed by atoms with Gasteiger partial charge in [-0.25, -0.2) is 0 Å². The fourth-order valence-electron chi connectivity index (χ4n) is 3.17. The second-order valence-corrected chi connectivity index (χ2v) is 7.53. The Hall–Kier alpha value is -1.24. The molecule has 7 heteroatoms. The smallest absolute Gasteiger partial charge is 0.253 e. The molecule has 0 aromatic heterocycles. The van der Waals surface area contributed by atoms with Crippen LogP contribution in [0.4, 0.5) is 5.69 Å². The highest BCUT2D eigenvalue weighted by Crippen LogP contribution is 2.28. The van der Waals surface area contributed by atoms with Gasteiger partial charge in [0, 0.05) is 35.8 Å². The van der Waals surface area contributed by atoms with Gasteiger partial charge in [0.15, 0.2) is 0 Å². The van der Waals surface area contributed by atoms with Crippen LogP contribution in [0.3, 0.4) is 0 Å². The molecule has 2 aliphatic rings. The van der Waals surface area contributed by atoms with Crippen LogP contribution in [0.1, 0.15) is 36.0 Å². The predicted molar refractivity (Wildman–Crippen MR) is 101 cm³/mol. The summed E-state index contributed by atoms with van der Waals surface area (Å²) in [5, 5.41) is 2.88. The third-order valence-corrected chi connectivity index (χ3v) is 5.56. The van der Waals surface area contributed by atoms with Crippen LogP contribution in [0.5, 0.6) is 0 Å². The van der Waals surface area contributed by atoms with E-state index in [1.165, 1.54) is 0 Å². The Bertz CT molecular complexity index is 599. The minimum Gasteiger partial charge on any atom is -0.337 e. The van der Waals surface area contributed by atoms with Crippen LogP contribution in [0.2, 0.25) is 0 Å². The van der Waals surface area contributed by atoms with Crippen LogP contribution in [0.25, 0.3) is 0 Å². The molecular weight excluding hydrogens is 346 g/mol. The second-order valence-electron chi connectivity index (χ2n) is 6.30. The van der Waals surface area contributed by atoms with E-state index < -0.39 is 5.54 Å². The molecule has 1 aliphatic heterocycles. The molecule has 2 amide bonds. The van der Waals surface area contributed by atoms with E-state index in [4.69, 9.17) is 5.73 Å². The summed E-state index contributed by atoms with van der Waals surface area (Å²) in [5.41, 5.74) is 6.68. The number of nitrogens with one attached hydrogen (secondary N) is 1. The average Bonchev–Trinajstić information content (AvgIpc) is 3.03. The quantitative estimate of drug-likeness (QED) is 0.858. The maximum atomic E-state index is 12.5. The van der Waals surface area contributed by atoms with Crippen LogP contribution in [0.15, 0.2) is 24.3 Å². The second kappa shape index (κ2) is 8.23. The normalized spacial score (nSPS) is 19.5. The third-order valence-electron chi connectivity index (χ3n) is 4.61. The molecule has 0 unspecified atom stereocenters. The lowest BCUT2D eigenvalue weighted by atomic mass is 9.98. The largest absolute Gasteiger partial charge is 0.337 e. The zero-order chi connectivity index (χ0) is 16.3. The lowest BCUT2D eigenvalue weighted by Gasteiger charge is -2.26. The molecule has 1 aliphatic carbocycles. The molecule has 0 spiro atoms. The molecule has 1 aromatic carbocycles. The Morgan fingerprint density at radius 2 is 1.83 bits per heavy atom. The number of nitrogens with two attached hydrogens (primary N) is 1. The van der Waals surface area contributed by atoms with Crippen LogP contribution in [-0.2, 0) is 4.79 Å². The van der Waals surface area contributed by atoms with Gasteiger partial charge in [-0.1, -0.05) is 18.9 Å². The fourth-order valence-corrected chi connectivity index (χ4v) is 4.07. The van der Waals surface area contributed by atoms with Crippen LogP contribution in [0, 0.1) is 0 Å². The zero-order valence-corrected chi connectivity index (χ0v) is 15.3. The summed E-state index contributed by atoms with van der Waals surface area (Å²) < 4.78 is 0. The minimum atomic E-state index is -0.760. The van der Waals surface area contributed by atoms with Gasteiger partial charge in [0.1, 0.15) is 0 Å². The van der Waals surface area contributed by atoms with Gasteiger partial charge in [-0.2, -0.15) is 11.8 Å². The van der Waals surface area contributed by atoms with Gasteiger partial charge in [0.25, 0.3) is 5.91 Å². The van der Waals surface area contributed by atoms with E-state index in [1.54, 1.807) is 24.3 Å². The van der Waals surface area contributed by atoms with E-state index in [0.29, 0.717) is 11.3 Å². The van der Waals surface area contributed by atoms with Crippen molar-refractivity contribution in [3.63, 3.8) is 0 Å². The first-order valence-corrected chi connectivity index (χ1v) is 9.31. The van der Waals surface area contributed by atoms with Crippen molar-refractivity contribution in [2.24, 2.45) is 5.73 Å². The van der Waals surface area contributed by atoms with Crippen LogP contribution in [-0.4, -0.2) is 46.8 Å². The fraction of sp³-hybridized carbons (Fsp3) is 0.529. The van der Waals surface area contributed by atoms with E-state index in [1.807, 2.05) is 16.7 Å². The topological polar surface area (TPSA) is 75.4 Å². The van der Waals surface area contributed by atoms with Crippen molar-refractivity contribution >= 4 is 41.7 Å². The van der Waals surface area contributed by atoms with Gasteiger partial charge in [-0.05, 0) is 31.0 Å². The number of nitrogens with zero attached hydrogens (tertiary/aromatic N) is 1. The van der Waals surface area contributed by atoms with Crippen molar-refractivity contribution in [2.45, 2.75) is 31.2 Å². The molecule has 1 saturated heterocycles. The molecule has 1 saturated carbocycles. The van der Waals surface area contributed by atoms with Crippen molar-refractivity contribution in [1.29, 1.82) is 0 Å². The molecule has 2 fully saturated rings. The number of hydrogen-bond donors (Lipinski definition) is 2.